The first-order valence-electron chi connectivity index (χ1n) is 6.99. The Morgan fingerprint density at radius 2 is 2.10 bits per heavy atom. The van der Waals surface area contributed by atoms with Crippen LogP contribution in [0.1, 0.15) is 12.8 Å². The average Bonchev–Trinajstić information content (AvgIpc) is 2.48. The van der Waals surface area contributed by atoms with Gasteiger partial charge in [0, 0.05) is 29.7 Å². The monoisotopic (exact) mass is 304 g/mol. The molecule has 0 amide bonds. The van der Waals surface area contributed by atoms with Gasteiger partial charge < -0.3 is 15.6 Å². The molecule has 0 bridgehead atoms. The smallest absolute Gasteiger partial charge is 0.345 e. The lowest BCUT2D eigenvalue weighted by atomic mass is 10.0. The summed E-state index contributed by atoms with van der Waals surface area (Å²) < 4.78 is 0. The molecule has 0 saturated carbocycles. The van der Waals surface area contributed by atoms with E-state index < -0.39 is 0 Å². The summed E-state index contributed by atoms with van der Waals surface area (Å²) in [7, 11) is 0. The Hall–Kier alpha value is -1.85. The van der Waals surface area contributed by atoms with E-state index in [1.165, 1.54) is 0 Å². The van der Waals surface area contributed by atoms with E-state index in [2.05, 4.69) is 14.9 Å². The molecule has 1 aliphatic heterocycles. The van der Waals surface area contributed by atoms with Crippen molar-refractivity contribution in [2.24, 2.45) is 5.73 Å². The van der Waals surface area contributed by atoms with Gasteiger partial charge in [-0.1, -0.05) is 23.7 Å². The molecule has 6 heteroatoms. The maximum absolute atomic E-state index is 11.6. The van der Waals surface area contributed by atoms with E-state index in [1.54, 1.807) is 6.20 Å². The van der Waals surface area contributed by atoms with Gasteiger partial charge in [-0.2, -0.15) is 4.98 Å². The van der Waals surface area contributed by atoms with Crippen molar-refractivity contribution in [2.75, 3.05) is 18.0 Å². The molecule has 1 saturated heterocycles. The highest BCUT2D eigenvalue weighted by Crippen LogP contribution is 2.30. The van der Waals surface area contributed by atoms with E-state index in [9.17, 15) is 4.79 Å². The summed E-state index contributed by atoms with van der Waals surface area (Å²) in [5.41, 5.74) is 8.15. The van der Waals surface area contributed by atoms with E-state index in [4.69, 9.17) is 17.3 Å². The van der Waals surface area contributed by atoms with E-state index >= 15 is 0 Å². The summed E-state index contributed by atoms with van der Waals surface area (Å²) in [6, 6.07) is 7.70. The molecule has 0 radical (unpaired) electrons. The molecule has 0 aliphatic carbocycles. The number of benzene rings is 1. The fraction of sp³-hybridized carbons (Fsp3) is 0.333. The lowest BCUT2D eigenvalue weighted by Gasteiger charge is -2.32. The van der Waals surface area contributed by atoms with Crippen molar-refractivity contribution in [3.63, 3.8) is 0 Å². The van der Waals surface area contributed by atoms with Crippen LogP contribution in [0.25, 0.3) is 11.3 Å². The molecule has 21 heavy (non-hydrogen) atoms. The number of hydrogen-bond donors (Lipinski definition) is 2. The summed E-state index contributed by atoms with van der Waals surface area (Å²) in [4.78, 5) is 20.5. The fourth-order valence-electron chi connectivity index (χ4n) is 2.63. The van der Waals surface area contributed by atoms with Gasteiger partial charge in [0.25, 0.3) is 0 Å². The zero-order valence-corrected chi connectivity index (χ0v) is 12.3. The van der Waals surface area contributed by atoms with Crippen molar-refractivity contribution in [1.82, 2.24) is 9.97 Å². The number of aromatic amines is 1. The molecule has 5 nitrogen and oxygen atoms in total. The third kappa shape index (κ3) is 3.09. The van der Waals surface area contributed by atoms with Crippen LogP contribution in [0.5, 0.6) is 0 Å². The highest BCUT2D eigenvalue weighted by Gasteiger charge is 2.20. The number of piperidine rings is 1. The molecular weight excluding hydrogens is 288 g/mol. The topological polar surface area (TPSA) is 75.0 Å². The number of anilines is 1. The molecular formula is C15H17ClN4O. The van der Waals surface area contributed by atoms with Crippen LogP contribution in [0.2, 0.25) is 5.02 Å². The molecule has 1 aromatic carbocycles. The van der Waals surface area contributed by atoms with Crippen LogP contribution in [0.4, 0.5) is 5.69 Å². The molecule has 1 aromatic heterocycles. The van der Waals surface area contributed by atoms with Gasteiger partial charge in [0.05, 0.1) is 17.6 Å². The number of nitrogens with two attached hydrogens (primary N) is 1. The van der Waals surface area contributed by atoms with Crippen LogP contribution in [0, 0.1) is 0 Å². The lowest BCUT2D eigenvalue weighted by Crippen LogP contribution is -2.40. The summed E-state index contributed by atoms with van der Waals surface area (Å²) in [6.45, 7) is 1.73. The maximum Gasteiger partial charge on any atom is 0.345 e. The lowest BCUT2D eigenvalue weighted by molar-refractivity contribution is 0.501. The van der Waals surface area contributed by atoms with Crippen molar-refractivity contribution in [3.8, 4) is 11.3 Å². The van der Waals surface area contributed by atoms with Gasteiger partial charge >= 0.3 is 5.69 Å². The van der Waals surface area contributed by atoms with Crippen LogP contribution in [-0.4, -0.2) is 29.1 Å². The van der Waals surface area contributed by atoms with E-state index in [1.807, 2.05) is 24.3 Å². The standard InChI is InChI=1S/C15H17ClN4O/c16-11-3-1-2-10(8-11)14-13(9-18-15(21)19-14)20-6-4-12(17)5-7-20/h1-3,8-9,12H,4-7,17H2,(H,18,19,21). The van der Waals surface area contributed by atoms with Gasteiger partial charge in [-0.3, -0.25) is 0 Å². The van der Waals surface area contributed by atoms with Crippen LogP contribution in [0.15, 0.2) is 35.3 Å². The molecule has 3 rings (SSSR count). The fourth-order valence-corrected chi connectivity index (χ4v) is 2.82. The molecule has 0 atom stereocenters. The minimum Gasteiger partial charge on any atom is -0.368 e. The van der Waals surface area contributed by atoms with Crippen molar-refractivity contribution >= 4 is 17.3 Å². The van der Waals surface area contributed by atoms with Gasteiger partial charge in [-0.25, -0.2) is 4.79 Å². The second kappa shape index (κ2) is 5.87. The number of nitrogens with one attached hydrogen (secondary N) is 1. The molecule has 1 fully saturated rings. The first-order valence-corrected chi connectivity index (χ1v) is 7.37. The van der Waals surface area contributed by atoms with Crippen LogP contribution in [-0.2, 0) is 0 Å². The van der Waals surface area contributed by atoms with Crippen molar-refractivity contribution in [1.29, 1.82) is 0 Å². The van der Waals surface area contributed by atoms with Gasteiger partial charge in [-0.15, -0.1) is 0 Å². The summed E-state index contributed by atoms with van der Waals surface area (Å²) in [5, 5.41) is 0.636. The molecule has 0 unspecified atom stereocenters. The van der Waals surface area contributed by atoms with E-state index in [0.717, 1.165) is 42.9 Å². The Bertz CT molecular complexity index is 692. The Morgan fingerprint density at radius 3 is 2.81 bits per heavy atom. The van der Waals surface area contributed by atoms with Crippen molar-refractivity contribution in [2.45, 2.75) is 18.9 Å². The second-order valence-electron chi connectivity index (χ2n) is 5.28. The zero-order chi connectivity index (χ0) is 14.8. The highest BCUT2D eigenvalue weighted by molar-refractivity contribution is 6.30. The summed E-state index contributed by atoms with van der Waals surface area (Å²) >= 11 is 6.05. The van der Waals surface area contributed by atoms with E-state index in [0.29, 0.717) is 5.02 Å². The largest absolute Gasteiger partial charge is 0.368 e. The second-order valence-corrected chi connectivity index (χ2v) is 5.72. The Balaban J connectivity index is 2.03. The number of H-pyrrole nitrogens is 1. The average molecular weight is 305 g/mol. The molecule has 3 N–H and O–H groups in total. The third-order valence-electron chi connectivity index (χ3n) is 3.79. The maximum atomic E-state index is 11.6. The third-order valence-corrected chi connectivity index (χ3v) is 4.02. The highest BCUT2D eigenvalue weighted by atomic mass is 35.5. The Kier molecular flexibility index (Phi) is 3.94. The Morgan fingerprint density at radius 1 is 1.33 bits per heavy atom. The first kappa shape index (κ1) is 14.1. The molecule has 2 heterocycles. The quantitative estimate of drug-likeness (QED) is 0.890. The molecule has 0 spiro atoms. The number of rotatable bonds is 2. The predicted molar refractivity (Wildman–Crippen MR) is 84.7 cm³/mol. The number of hydrogen-bond acceptors (Lipinski definition) is 4. The predicted octanol–water partition coefficient (Wildman–Crippen LogP) is 2.02. The Labute approximate surface area is 127 Å². The minimum absolute atomic E-state index is 0.256. The SMILES string of the molecule is NC1CCN(c2cnc(=O)[nH]c2-c2cccc(Cl)c2)CC1. The van der Waals surface area contributed by atoms with Gasteiger partial charge in [0.15, 0.2) is 0 Å². The van der Waals surface area contributed by atoms with Gasteiger partial charge in [0.1, 0.15) is 0 Å². The van der Waals surface area contributed by atoms with Crippen molar-refractivity contribution in [3.05, 3.63) is 46.0 Å². The first-order chi connectivity index (χ1) is 10.1. The van der Waals surface area contributed by atoms with Gasteiger partial charge in [0.2, 0.25) is 0 Å². The summed E-state index contributed by atoms with van der Waals surface area (Å²) in [5.74, 6) is 0. The van der Waals surface area contributed by atoms with Crippen LogP contribution in [0.3, 0.4) is 0 Å². The number of halogens is 1. The molecule has 110 valence electrons. The molecule has 1 aliphatic rings. The van der Waals surface area contributed by atoms with E-state index in [-0.39, 0.29) is 11.7 Å². The van der Waals surface area contributed by atoms with Crippen molar-refractivity contribution < 1.29 is 0 Å². The minimum atomic E-state index is -0.359. The van der Waals surface area contributed by atoms with Crippen LogP contribution < -0.4 is 16.3 Å². The zero-order valence-electron chi connectivity index (χ0n) is 11.6. The summed E-state index contributed by atoms with van der Waals surface area (Å²) in [6.07, 6.45) is 3.51. The molecule has 2 aromatic rings. The van der Waals surface area contributed by atoms with Crippen LogP contribution >= 0.6 is 11.6 Å². The number of nitrogens with zero attached hydrogens (tertiary/aromatic N) is 2. The number of aromatic nitrogens is 2. The normalized spacial score (nSPS) is 16.2. The van der Waals surface area contributed by atoms with Gasteiger partial charge in [-0.05, 0) is 25.0 Å².